The van der Waals surface area contributed by atoms with Crippen molar-refractivity contribution < 1.29 is 9.90 Å². The molecule has 1 aliphatic rings. The third-order valence-electron chi connectivity index (χ3n) is 4.41. The number of likely N-dealkylation sites (tertiary alicyclic amines) is 1. The van der Waals surface area contributed by atoms with E-state index in [2.05, 4.69) is 34.2 Å². The minimum absolute atomic E-state index is 0.271. The normalized spacial score (nSPS) is 18.2. The van der Waals surface area contributed by atoms with Gasteiger partial charge in [0.2, 0.25) is 0 Å². The first-order valence-corrected chi connectivity index (χ1v) is 8.32. The lowest BCUT2D eigenvalue weighted by Gasteiger charge is -2.13. The van der Waals surface area contributed by atoms with Gasteiger partial charge in [-0.2, -0.15) is 0 Å². The molecule has 1 saturated heterocycles. The van der Waals surface area contributed by atoms with E-state index in [1.165, 1.54) is 11.8 Å². The highest BCUT2D eigenvalue weighted by Gasteiger charge is 2.22. The van der Waals surface area contributed by atoms with Crippen molar-refractivity contribution in [2.45, 2.75) is 12.8 Å². The minimum atomic E-state index is -0.913. The number of carbonyl (C=O) groups is 1. The molecule has 1 atom stereocenters. The van der Waals surface area contributed by atoms with Crippen LogP contribution in [0.1, 0.15) is 27.9 Å². The molecule has 1 aromatic carbocycles. The standard InChI is InChI=1S/C20H22N2O2/c23-20(24)19-12-18(13-21-14-19)11-17-8-10-22(15-17)9-4-7-16-5-2-1-3-6-16/h1-7,12-14,17H,8-11,15H2,(H,23,24)/b7-4+. The van der Waals surface area contributed by atoms with E-state index in [-0.39, 0.29) is 5.56 Å². The van der Waals surface area contributed by atoms with Gasteiger partial charge in [0, 0.05) is 25.5 Å². The van der Waals surface area contributed by atoms with Crippen LogP contribution in [0.15, 0.2) is 54.9 Å². The second kappa shape index (κ2) is 7.88. The molecule has 0 aliphatic carbocycles. The molecule has 3 rings (SSSR count). The van der Waals surface area contributed by atoms with Gasteiger partial charge >= 0.3 is 5.97 Å². The summed E-state index contributed by atoms with van der Waals surface area (Å²) in [6.07, 6.45) is 9.60. The van der Waals surface area contributed by atoms with Gasteiger partial charge in [-0.05, 0) is 42.5 Å². The molecule has 0 spiro atoms. The zero-order valence-electron chi connectivity index (χ0n) is 13.6. The van der Waals surface area contributed by atoms with Crippen molar-refractivity contribution in [1.82, 2.24) is 9.88 Å². The van der Waals surface area contributed by atoms with Gasteiger partial charge in [-0.25, -0.2) is 4.79 Å². The van der Waals surface area contributed by atoms with E-state index in [1.807, 2.05) is 18.2 Å². The van der Waals surface area contributed by atoms with Gasteiger partial charge in [0.05, 0.1) is 5.56 Å². The topological polar surface area (TPSA) is 53.4 Å². The van der Waals surface area contributed by atoms with Gasteiger partial charge in [0.1, 0.15) is 0 Å². The highest BCUT2D eigenvalue weighted by Crippen LogP contribution is 2.21. The first-order valence-electron chi connectivity index (χ1n) is 8.32. The van der Waals surface area contributed by atoms with Gasteiger partial charge < -0.3 is 5.11 Å². The molecule has 4 heteroatoms. The third kappa shape index (κ3) is 4.52. The van der Waals surface area contributed by atoms with Crippen LogP contribution in [0.5, 0.6) is 0 Å². The van der Waals surface area contributed by atoms with Crippen LogP contribution in [0.25, 0.3) is 6.08 Å². The van der Waals surface area contributed by atoms with Gasteiger partial charge in [-0.3, -0.25) is 9.88 Å². The number of hydrogen-bond acceptors (Lipinski definition) is 3. The molecule has 0 amide bonds. The molecule has 0 saturated carbocycles. The number of benzene rings is 1. The van der Waals surface area contributed by atoms with Crippen LogP contribution in [0.2, 0.25) is 0 Å². The van der Waals surface area contributed by atoms with E-state index in [1.54, 1.807) is 12.3 Å². The van der Waals surface area contributed by atoms with Crippen molar-refractivity contribution in [3.63, 3.8) is 0 Å². The van der Waals surface area contributed by atoms with E-state index in [4.69, 9.17) is 5.11 Å². The Bertz CT molecular complexity index is 713. The van der Waals surface area contributed by atoms with Crippen LogP contribution in [0.3, 0.4) is 0 Å². The largest absolute Gasteiger partial charge is 0.478 e. The van der Waals surface area contributed by atoms with Crippen LogP contribution < -0.4 is 0 Å². The number of carboxylic acid groups (broad SMARTS) is 1. The van der Waals surface area contributed by atoms with Crippen LogP contribution >= 0.6 is 0 Å². The molecule has 0 radical (unpaired) electrons. The van der Waals surface area contributed by atoms with E-state index in [0.717, 1.165) is 38.0 Å². The molecular weight excluding hydrogens is 300 g/mol. The number of nitrogens with zero attached hydrogens (tertiary/aromatic N) is 2. The average Bonchev–Trinajstić information content (AvgIpc) is 3.03. The third-order valence-corrected chi connectivity index (χ3v) is 4.41. The summed E-state index contributed by atoms with van der Waals surface area (Å²) < 4.78 is 0. The summed E-state index contributed by atoms with van der Waals surface area (Å²) in [4.78, 5) is 17.5. The van der Waals surface area contributed by atoms with Crippen LogP contribution in [-0.2, 0) is 6.42 Å². The number of carboxylic acids is 1. The summed E-state index contributed by atoms with van der Waals surface area (Å²) in [5.74, 6) is -0.343. The van der Waals surface area contributed by atoms with Gasteiger partial charge in [-0.15, -0.1) is 0 Å². The summed E-state index contributed by atoms with van der Waals surface area (Å²) in [6, 6.07) is 12.1. The number of aromatic nitrogens is 1. The molecule has 1 aliphatic heterocycles. The van der Waals surface area contributed by atoms with Crippen molar-refractivity contribution >= 4 is 12.0 Å². The van der Waals surface area contributed by atoms with E-state index < -0.39 is 5.97 Å². The molecule has 0 bridgehead atoms. The quantitative estimate of drug-likeness (QED) is 0.886. The molecule has 124 valence electrons. The Morgan fingerprint density at radius 3 is 2.92 bits per heavy atom. The van der Waals surface area contributed by atoms with Gasteiger partial charge in [0.25, 0.3) is 0 Å². The van der Waals surface area contributed by atoms with Crippen LogP contribution in [0.4, 0.5) is 0 Å². The predicted molar refractivity (Wildman–Crippen MR) is 94.9 cm³/mol. The first kappa shape index (κ1) is 16.4. The van der Waals surface area contributed by atoms with Gasteiger partial charge in [-0.1, -0.05) is 42.5 Å². The SMILES string of the molecule is O=C(O)c1cncc(CC2CCN(C/C=C/c3ccccc3)C2)c1. The Kier molecular flexibility index (Phi) is 5.39. The number of hydrogen-bond donors (Lipinski definition) is 1. The summed E-state index contributed by atoms with van der Waals surface area (Å²) in [5.41, 5.74) is 2.51. The Balaban J connectivity index is 1.49. The predicted octanol–water partition coefficient (Wildman–Crippen LogP) is 3.36. The highest BCUT2D eigenvalue weighted by atomic mass is 16.4. The van der Waals surface area contributed by atoms with Crippen molar-refractivity contribution in [1.29, 1.82) is 0 Å². The molecule has 2 heterocycles. The molecule has 1 fully saturated rings. The monoisotopic (exact) mass is 322 g/mol. The average molecular weight is 322 g/mol. The summed E-state index contributed by atoms with van der Waals surface area (Å²) >= 11 is 0. The van der Waals surface area contributed by atoms with Crippen molar-refractivity contribution in [3.8, 4) is 0 Å². The van der Waals surface area contributed by atoms with E-state index in [9.17, 15) is 4.79 Å². The summed E-state index contributed by atoms with van der Waals surface area (Å²) in [5, 5.41) is 9.05. The second-order valence-corrected chi connectivity index (χ2v) is 6.32. The fourth-order valence-corrected chi connectivity index (χ4v) is 3.20. The van der Waals surface area contributed by atoms with Crippen LogP contribution in [0, 0.1) is 5.92 Å². The summed E-state index contributed by atoms with van der Waals surface area (Å²) in [7, 11) is 0. The lowest BCUT2D eigenvalue weighted by atomic mass is 9.99. The highest BCUT2D eigenvalue weighted by molar-refractivity contribution is 5.87. The van der Waals surface area contributed by atoms with Crippen LogP contribution in [-0.4, -0.2) is 40.6 Å². The molecule has 24 heavy (non-hydrogen) atoms. The zero-order valence-corrected chi connectivity index (χ0v) is 13.6. The Morgan fingerprint density at radius 1 is 1.29 bits per heavy atom. The second-order valence-electron chi connectivity index (χ2n) is 6.32. The maximum atomic E-state index is 11.0. The van der Waals surface area contributed by atoms with E-state index >= 15 is 0 Å². The fraction of sp³-hybridized carbons (Fsp3) is 0.300. The van der Waals surface area contributed by atoms with Crippen molar-refractivity contribution in [3.05, 3.63) is 71.6 Å². The number of aromatic carboxylic acids is 1. The lowest BCUT2D eigenvalue weighted by Crippen LogP contribution is -2.21. The molecule has 2 aromatic rings. The lowest BCUT2D eigenvalue weighted by molar-refractivity contribution is 0.0696. The number of rotatable bonds is 6. The molecular formula is C20H22N2O2. The van der Waals surface area contributed by atoms with Gasteiger partial charge in [0.15, 0.2) is 0 Å². The minimum Gasteiger partial charge on any atom is -0.478 e. The molecule has 1 aromatic heterocycles. The Morgan fingerprint density at radius 2 is 2.12 bits per heavy atom. The summed E-state index contributed by atoms with van der Waals surface area (Å²) in [6.45, 7) is 3.10. The smallest absolute Gasteiger partial charge is 0.337 e. The zero-order chi connectivity index (χ0) is 16.8. The first-order chi connectivity index (χ1) is 11.7. The molecule has 4 nitrogen and oxygen atoms in total. The fourth-order valence-electron chi connectivity index (χ4n) is 3.20. The molecule has 1 N–H and O–H groups in total. The maximum absolute atomic E-state index is 11.0. The van der Waals surface area contributed by atoms with E-state index in [0.29, 0.717) is 5.92 Å². The van der Waals surface area contributed by atoms with Crippen molar-refractivity contribution in [2.75, 3.05) is 19.6 Å². The maximum Gasteiger partial charge on any atom is 0.337 e. The molecule has 1 unspecified atom stereocenters. The number of pyridine rings is 1. The Labute approximate surface area is 142 Å². The Hall–Kier alpha value is -2.46. The van der Waals surface area contributed by atoms with Crippen molar-refractivity contribution in [2.24, 2.45) is 5.92 Å².